The maximum Gasteiger partial charge on any atom is 0.221 e. The summed E-state index contributed by atoms with van der Waals surface area (Å²) in [4.78, 5) is 10.4. The lowest BCUT2D eigenvalue weighted by atomic mass is 10.00. The van der Waals surface area contributed by atoms with E-state index in [0.29, 0.717) is 5.95 Å². The van der Waals surface area contributed by atoms with E-state index in [1.165, 1.54) is 11.1 Å². The highest BCUT2D eigenvalue weighted by molar-refractivity contribution is 5.85. The highest BCUT2D eigenvalue weighted by Gasteiger charge is 2.16. The summed E-state index contributed by atoms with van der Waals surface area (Å²) < 4.78 is 0. The van der Waals surface area contributed by atoms with Crippen LogP contribution in [0.15, 0.2) is 36.5 Å². The van der Waals surface area contributed by atoms with Crippen molar-refractivity contribution in [2.75, 3.05) is 17.2 Å². The highest BCUT2D eigenvalue weighted by atomic mass is 35.5. The number of nitrogens with two attached hydrogens (primary N) is 1. The summed E-state index contributed by atoms with van der Waals surface area (Å²) in [5.41, 5.74) is 8.42. The molecule has 0 amide bonds. The number of nitrogen functional groups attached to an aromatic ring is 1. The van der Waals surface area contributed by atoms with Gasteiger partial charge in [0.2, 0.25) is 5.95 Å². The molecule has 3 rings (SSSR count). The van der Waals surface area contributed by atoms with Gasteiger partial charge in [-0.25, -0.2) is 4.98 Å². The molecule has 0 saturated carbocycles. The maximum absolute atomic E-state index is 5.61. The van der Waals surface area contributed by atoms with Crippen molar-refractivity contribution in [3.8, 4) is 0 Å². The lowest BCUT2D eigenvalue weighted by molar-refractivity contribution is 0.720. The Labute approximate surface area is 112 Å². The largest absolute Gasteiger partial charge is 0.368 e. The Morgan fingerprint density at radius 3 is 2.67 bits per heavy atom. The average Bonchev–Trinajstić information content (AvgIpc) is 2.38. The number of rotatable bonds is 1. The standard InChI is InChI=1S/C13H14N4.ClH/c14-13-15-7-5-12(16-13)17-8-6-10-3-1-2-4-11(10)9-17;/h1-5,7H,6,8-9H2,(H2,14,15,16);1H. The minimum Gasteiger partial charge on any atom is -0.368 e. The molecule has 5 heteroatoms. The van der Waals surface area contributed by atoms with Crippen molar-refractivity contribution in [1.82, 2.24) is 9.97 Å². The quantitative estimate of drug-likeness (QED) is 0.855. The third-order valence-electron chi connectivity index (χ3n) is 3.11. The van der Waals surface area contributed by atoms with Crippen LogP contribution >= 0.6 is 12.4 Å². The van der Waals surface area contributed by atoms with Crippen molar-refractivity contribution >= 4 is 24.2 Å². The van der Waals surface area contributed by atoms with Crippen LogP contribution in [0.4, 0.5) is 11.8 Å². The van der Waals surface area contributed by atoms with E-state index in [1.807, 2.05) is 6.07 Å². The summed E-state index contributed by atoms with van der Waals surface area (Å²) in [5.74, 6) is 1.24. The summed E-state index contributed by atoms with van der Waals surface area (Å²) in [7, 11) is 0. The fourth-order valence-electron chi connectivity index (χ4n) is 2.23. The van der Waals surface area contributed by atoms with E-state index in [0.717, 1.165) is 25.3 Å². The lowest BCUT2D eigenvalue weighted by Gasteiger charge is -2.29. The molecule has 0 spiro atoms. The van der Waals surface area contributed by atoms with Crippen LogP contribution in [0.3, 0.4) is 0 Å². The third kappa shape index (κ3) is 2.38. The van der Waals surface area contributed by atoms with E-state index in [9.17, 15) is 0 Å². The minimum atomic E-state index is 0. The van der Waals surface area contributed by atoms with E-state index in [1.54, 1.807) is 6.20 Å². The molecule has 1 aromatic carbocycles. The molecule has 2 aromatic rings. The summed E-state index contributed by atoms with van der Waals surface area (Å²) in [6, 6.07) is 10.4. The van der Waals surface area contributed by atoms with Crippen LogP contribution in [0.2, 0.25) is 0 Å². The molecule has 0 aliphatic carbocycles. The topological polar surface area (TPSA) is 55.0 Å². The molecule has 0 radical (unpaired) electrons. The van der Waals surface area contributed by atoms with Crippen molar-refractivity contribution in [1.29, 1.82) is 0 Å². The smallest absolute Gasteiger partial charge is 0.221 e. The predicted octanol–water partition coefficient (Wildman–Crippen LogP) is 2.04. The molecule has 0 bridgehead atoms. The second-order valence-corrected chi connectivity index (χ2v) is 4.21. The van der Waals surface area contributed by atoms with Gasteiger partial charge < -0.3 is 10.6 Å². The van der Waals surface area contributed by atoms with Gasteiger partial charge in [-0.05, 0) is 23.6 Å². The zero-order valence-electron chi connectivity index (χ0n) is 9.91. The van der Waals surface area contributed by atoms with Gasteiger partial charge in [0.15, 0.2) is 0 Å². The molecular formula is C13H15ClN4. The first kappa shape index (κ1) is 12.6. The van der Waals surface area contributed by atoms with Gasteiger partial charge in [0.05, 0.1) is 0 Å². The van der Waals surface area contributed by atoms with Crippen molar-refractivity contribution < 1.29 is 0 Å². The molecule has 0 unspecified atom stereocenters. The number of anilines is 2. The van der Waals surface area contributed by atoms with Gasteiger partial charge in [-0.3, -0.25) is 0 Å². The predicted molar refractivity (Wildman–Crippen MR) is 74.9 cm³/mol. The van der Waals surface area contributed by atoms with Gasteiger partial charge in [0, 0.05) is 19.3 Å². The Bertz CT molecular complexity index is 544. The Balaban J connectivity index is 0.00000120. The maximum atomic E-state index is 5.61. The summed E-state index contributed by atoms with van der Waals surface area (Å²) >= 11 is 0. The highest BCUT2D eigenvalue weighted by Crippen LogP contribution is 2.22. The van der Waals surface area contributed by atoms with Crippen LogP contribution in [0, 0.1) is 0 Å². The first-order valence-corrected chi connectivity index (χ1v) is 5.73. The van der Waals surface area contributed by atoms with Gasteiger partial charge in [-0.1, -0.05) is 24.3 Å². The third-order valence-corrected chi connectivity index (χ3v) is 3.11. The van der Waals surface area contributed by atoms with Gasteiger partial charge >= 0.3 is 0 Å². The molecule has 1 aromatic heterocycles. The minimum absolute atomic E-state index is 0. The van der Waals surface area contributed by atoms with Crippen molar-refractivity contribution in [2.24, 2.45) is 0 Å². The van der Waals surface area contributed by atoms with Crippen molar-refractivity contribution in [3.05, 3.63) is 47.7 Å². The SMILES string of the molecule is Cl.Nc1nccc(N2CCc3ccccc3C2)n1. The van der Waals surface area contributed by atoms with E-state index in [-0.39, 0.29) is 12.4 Å². The second-order valence-electron chi connectivity index (χ2n) is 4.21. The summed E-state index contributed by atoms with van der Waals surface area (Å²) in [6.45, 7) is 1.88. The zero-order chi connectivity index (χ0) is 11.7. The van der Waals surface area contributed by atoms with Crippen LogP contribution in [0.5, 0.6) is 0 Å². The Morgan fingerprint density at radius 1 is 1.11 bits per heavy atom. The van der Waals surface area contributed by atoms with Gasteiger partial charge in [-0.15, -0.1) is 12.4 Å². The van der Waals surface area contributed by atoms with E-state index < -0.39 is 0 Å². The van der Waals surface area contributed by atoms with Gasteiger partial charge in [0.25, 0.3) is 0 Å². The van der Waals surface area contributed by atoms with Crippen LogP contribution in [0.1, 0.15) is 11.1 Å². The number of hydrogen-bond acceptors (Lipinski definition) is 4. The Morgan fingerprint density at radius 2 is 1.89 bits per heavy atom. The molecule has 2 heterocycles. The fourth-order valence-corrected chi connectivity index (χ4v) is 2.23. The van der Waals surface area contributed by atoms with Crippen LogP contribution in [-0.4, -0.2) is 16.5 Å². The Hall–Kier alpha value is -1.81. The fraction of sp³-hybridized carbons (Fsp3) is 0.231. The molecule has 2 N–H and O–H groups in total. The lowest BCUT2D eigenvalue weighted by Crippen LogP contribution is -2.31. The molecule has 0 atom stereocenters. The molecule has 4 nitrogen and oxygen atoms in total. The monoisotopic (exact) mass is 262 g/mol. The Kier molecular flexibility index (Phi) is 3.67. The van der Waals surface area contributed by atoms with Crippen LogP contribution in [0.25, 0.3) is 0 Å². The number of fused-ring (bicyclic) bond motifs is 1. The first-order chi connectivity index (χ1) is 8.33. The molecule has 1 aliphatic rings. The average molecular weight is 263 g/mol. The number of hydrogen-bond donors (Lipinski definition) is 1. The van der Waals surface area contributed by atoms with Gasteiger partial charge in [-0.2, -0.15) is 4.98 Å². The molecule has 94 valence electrons. The molecule has 1 aliphatic heterocycles. The van der Waals surface area contributed by atoms with E-state index in [4.69, 9.17) is 5.73 Å². The van der Waals surface area contributed by atoms with Crippen molar-refractivity contribution in [3.63, 3.8) is 0 Å². The van der Waals surface area contributed by atoms with Crippen LogP contribution in [-0.2, 0) is 13.0 Å². The normalized spacial score (nSPS) is 13.7. The van der Waals surface area contributed by atoms with Gasteiger partial charge in [0.1, 0.15) is 5.82 Å². The molecule has 18 heavy (non-hydrogen) atoms. The molecule has 0 saturated heterocycles. The second kappa shape index (κ2) is 5.23. The summed E-state index contributed by atoms with van der Waals surface area (Å²) in [5, 5.41) is 0. The van der Waals surface area contributed by atoms with E-state index in [2.05, 4.69) is 39.1 Å². The summed E-state index contributed by atoms with van der Waals surface area (Å²) in [6.07, 6.45) is 2.76. The number of nitrogens with zero attached hydrogens (tertiary/aromatic N) is 3. The molecular weight excluding hydrogens is 248 g/mol. The van der Waals surface area contributed by atoms with Crippen LogP contribution < -0.4 is 10.6 Å². The zero-order valence-corrected chi connectivity index (χ0v) is 10.7. The number of aromatic nitrogens is 2. The van der Waals surface area contributed by atoms with Crippen molar-refractivity contribution in [2.45, 2.75) is 13.0 Å². The molecule has 0 fully saturated rings. The number of halogens is 1. The number of benzene rings is 1. The van der Waals surface area contributed by atoms with E-state index >= 15 is 0 Å². The first-order valence-electron chi connectivity index (χ1n) is 5.73.